The van der Waals surface area contributed by atoms with Crippen LogP contribution in [-0.4, -0.2) is 48.0 Å². The Balaban J connectivity index is 2.20. The van der Waals surface area contributed by atoms with Gasteiger partial charge in [-0.25, -0.2) is 4.79 Å². The third kappa shape index (κ3) is 7.15. The SMILES string of the molecule is C=C(CC(=O)OC(C)CCCCCC)C(=O)OC1CN(C(C)=O)C1. The lowest BCUT2D eigenvalue weighted by Crippen LogP contribution is -2.54. The normalized spacial score (nSPS) is 15.4. The van der Waals surface area contributed by atoms with Crippen LogP contribution >= 0.6 is 0 Å². The maximum atomic E-state index is 11.9. The lowest BCUT2D eigenvalue weighted by Gasteiger charge is -2.37. The van der Waals surface area contributed by atoms with Crippen molar-refractivity contribution >= 4 is 17.8 Å². The number of unbranched alkanes of at least 4 members (excludes halogenated alkanes) is 3. The minimum absolute atomic E-state index is 0.0439. The van der Waals surface area contributed by atoms with Crippen molar-refractivity contribution in [1.82, 2.24) is 4.90 Å². The number of hydrogen-bond acceptors (Lipinski definition) is 5. The summed E-state index contributed by atoms with van der Waals surface area (Å²) in [6.07, 6.45) is 4.70. The number of carbonyl (C=O) groups excluding carboxylic acids is 3. The molecule has 0 saturated carbocycles. The van der Waals surface area contributed by atoms with Gasteiger partial charge in [0, 0.05) is 12.5 Å². The van der Waals surface area contributed by atoms with Gasteiger partial charge in [-0.3, -0.25) is 9.59 Å². The van der Waals surface area contributed by atoms with Crippen molar-refractivity contribution in [2.75, 3.05) is 13.1 Å². The molecule has 136 valence electrons. The summed E-state index contributed by atoms with van der Waals surface area (Å²) in [6, 6.07) is 0. The van der Waals surface area contributed by atoms with E-state index in [9.17, 15) is 14.4 Å². The quantitative estimate of drug-likeness (QED) is 0.347. The fraction of sp³-hybridized carbons (Fsp3) is 0.722. The van der Waals surface area contributed by atoms with Crippen molar-refractivity contribution in [3.63, 3.8) is 0 Å². The molecule has 0 spiro atoms. The first kappa shape index (κ1) is 20.2. The molecule has 1 saturated heterocycles. The molecule has 1 fully saturated rings. The zero-order valence-corrected chi connectivity index (χ0v) is 15.0. The molecule has 6 heteroatoms. The van der Waals surface area contributed by atoms with Crippen LogP contribution in [-0.2, 0) is 23.9 Å². The van der Waals surface area contributed by atoms with Crippen molar-refractivity contribution in [1.29, 1.82) is 0 Å². The summed E-state index contributed by atoms with van der Waals surface area (Å²) in [4.78, 5) is 36.3. The summed E-state index contributed by atoms with van der Waals surface area (Å²) >= 11 is 0. The Bertz CT molecular complexity index is 468. The minimum atomic E-state index is -0.601. The van der Waals surface area contributed by atoms with Crippen molar-refractivity contribution in [3.05, 3.63) is 12.2 Å². The molecule has 0 N–H and O–H groups in total. The van der Waals surface area contributed by atoms with Gasteiger partial charge in [0.15, 0.2) is 0 Å². The van der Waals surface area contributed by atoms with Crippen LogP contribution in [0.25, 0.3) is 0 Å². The van der Waals surface area contributed by atoms with Gasteiger partial charge < -0.3 is 14.4 Å². The van der Waals surface area contributed by atoms with E-state index < -0.39 is 11.9 Å². The molecule has 6 nitrogen and oxygen atoms in total. The molecule has 24 heavy (non-hydrogen) atoms. The molecule has 0 aromatic rings. The van der Waals surface area contributed by atoms with Gasteiger partial charge in [0.25, 0.3) is 0 Å². The third-order valence-electron chi connectivity index (χ3n) is 4.01. The Hall–Kier alpha value is -1.85. The van der Waals surface area contributed by atoms with Gasteiger partial charge in [-0.2, -0.15) is 0 Å². The highest BCUT2D eigenvalue weighted by Crippen LogP contribution is 2.15. The molecule has 1 rings (SSSR count). The number of carbonyl (C=O) groups is 3. The summed E-state index contributed by atoms with van der Waals surface area (Å²) in [6.45, 7) is 9.86. The van der Waals surface area contributed by atoms with E-state index in [1.54, 1.807) is 4.90 Å². The van der Waals surface area contributed by atoms with Gasteiger partial charge in [0.05, 0.1) is 25.6 Å². The molecule has 1 amide bonds. The molecule has 0 aromatic heterocycles. The van der Waals surface area contributed by atoms with E-state index in [0.717, 1.165) is 19.3 Å². The molecular formula is C18H29NO5. The predicted molar refractivity (Wildman–Crippen MR) is 90.2 cm³/mol. The minimum Gasteiger partial charge on any atom is -0.462 e. The van der Waals surface area contributed by atoms with Gasteiger partial charge in [-0.1, -0.05) is 32.8 Å². The Kier molecular flexibility index (Phi) is 8.50. The van der Waals surface area contributed by atoms with E-state index in [0.29, 0.717) is 13.1 Å². The van der Waals surface area contributed by atoms with Crippen molar-refractivity contribution in [2.24, 2.45) is 0 Å². The molecule has 1 atom stereocenters. The topological polar surface area (TPSA) is 72.9 Å². The molecule has 1 aliphatic rings. The smallest absolute Gasteiger partial charge is 0.334 e. The van der Waals surface area contributed by atoms with Crippen LogP contribution in [0.1, 0.15) is 59.3 Å². The van der Waals surface area contributed by atoms with E-state index in [4.69, 9.17) is 9.47 Å². The van der Waals surface area contributed by atoms with Crippen LogP contribution in [0, 0.1) is 0 Å². The molecule has 1 unspecified atom stereocenters. The largest absolute Gasteiger partial charge is 0.462 e. The molecule has 0 bridgehead atoms. The van der Waals surface area contributed by atoms with Gasteiger partial charge in [0.2, 0.25) is 5.91 Å². The molecular weight excluding hydrogens is 310 g/mol. The fourth-order valence-corrected chi connectivity index (χ4v) is 2.43. The van der Waals surface area contributed by atoms with Crippen molar-refractivity contribution < 1.29 is 23.9 Å². The fourth-order valence-electron chi connectivity index (χ4n) is 2.43. The zero-order chi connectivity index (χ0) is 18.1. The number of esters is 2. The number of nitrogens with zero attached hydrogens (tertiary/aromatic N) is 1. The summed E-state index contributed by atoms with van der Waals surface area (Å²) in [5, 5.41) is 0. The Labute approximate surface area is 144 Å². The lowest BCUT2D eigenvalue weighted by molar-refractivity contribution is -0.160. The lowest BCUT2D eigenvalue weighted by atomic mass is 10.1. The monoisotopic (exact) mass is 339 g/mol. The number of ether oxygens (including phenoxy) is 2. The highest BCUT2D eigenvalue weighted by Gasteiger charge is 2.32. The van der Waals surface area contributed by atoms with Crippen LogP contribution in [0.2, 0.25) is 0 Å². The maximum absolute atomic E-state index is 11.9. The van der Waals surface area contributed by atoms with Crippen LogP contribution in [0.3, 0.4) is 0 Å². The van der Waals surface area contributed by atoms with Gasteiger partial charge in [0.1, 0.15) is 6.10 Å². The highest BCUT2D eigenvalue weighted by molar-refractivity contribution is 5.93. The number of likely N-dealkylation sites (tertiary alicyclic amines) is 1. The summed E-state index contributed by atoms with van der Waals surface area (Å²) < 4.78 is 10.5. The molecule has 1 aliphatic heterocycles. The van der Waals surface area contributed by atoms with E-state index in [1.807, 2.05) is 6.92 Å². The van der Waals surface area contributed by atoms with Crippen LogP contribution < -0.4 is 0 Å². The summed E-state index contributed by atoms with van der Waals surface area (Å²) in [5.74, 6) is -1.10. The first-order valence-corrected chi connectivity index (χ1v) is 8.67. The first-order valence-electron chi connectivity index (χ1n) is 8.67. The van der Waals surface area contributed by atoms with Gasteiger partial charge in [-0.05, 0) is 19.8 Å². The zero-order valence-electron chi connectivity index (χ0n) is 15.0. The number of rotatable bonds is 10. The molecule has 0 aromatic carbocycles. The maximum Gasteiger partial charge on any atom is 0.334 e. The van der Waals surface area contributed by atoms with Crippen LogP contribution in [0.4, 0.5) is 0 Å². The third-order valence-corrected chi connectivity index (χ3v) is 4.01. The van der Waals surface area contributed by atoms with Crippen molar-refractivity contribution in [2.45, 2.75) is 71.5 Å². The van der Waals surface area contributed by atoms with E-state index in [1.165, 1.54) is 19.8 Å². The van der Waals surface area contributed by atoms with E-state index in [2.05, 4.69) is 13.5 Å². The van der Waals surface area contributed by atoms with E-state index in [-0.39, 0.29) is 30.1 Å². The summed E-state index contributed by atoms with van der Waals surface area (Å²) in [5.41, 5.74) is 0.0828. The summed E-state index contributed by atoms with van der Waals surface area (Å²) in [7, 11) is 0. The standard InChI is InChI=1S/C18H29NO5/c1-5-6-7-8-9-14(3)23-17(21)10-13(2)18(22)24-16-11-19(12-16)15(4)20/h14,16H,2,5-12H2,1,3-4H3. The second kappa shape index (κ2) is 10.1. The van der Waals surface area contributed by atoms with Crippen molar-refractivity contribution in [3.8, 4) is 0 Å². The average Bonchev–Trinajstić information content (AvgIpc) is 2.45. The molecule has 0 radical (unpaired) electrons. The predicted octanol–water partition coefficient (Wildman–Crippen LogP) is 2.61. The Morgan fingerprint density at radius 2 is 1.88 bits per heavy atom. The first-order chi connectivity index (χ1) is 11.3. The second-order valence-corrected chi connectivity index (χ2v) is 6.38. The van der Waals surface area contributed by atoms with Crippen LogP contribution in [0.5, 0.6) is 0 Å². The molecule has 1 heterocycles. The van der Waals surface area contributed by atoms with E-state index >= 15 is 0 Å². The molecule has 0 aliphatic carbocycles. The number of hydrogen-bond donors (Lipinski definition) is 0. The van der Waals surface area contributed by atoms with Crippen LogP contribution in [0.15, 0.2) is 12.2 Å². The average molecular weight is 339 g/mol. The Morgan fingerprint density at radius 3 is 2.46 bits per heavy atom. The second-order valence-electron chi connectivity index (χ2n) is 6.38. The highest BCUT2D eigenvalue weighted by atomic mass is 16.6. The van der Waals surface area contributed by atoms with Gasteiger partial charge in [-0.15, -0.1) is 0 Å². The van der Waals surface area contributed by atoms with Gasteiger partial charge >= 0.3 is 11.9 Å². The number of amides is 1. The Morgan fingerprint density at radius 1 is 1.21 bits per heavy atom.